The average molecular weight is 289 g/mol. The van der Waals surface area contributed by atoms with E-state index in [4.69, 9.17) is 11.6 Å². The molecule has 1 aliphatic rings. The van der Waals surface area contributed by atoms with Crippen LogP contribution in [0, 0.1) is 0 Å². The minimum absolute atomic E-state index is 0. The van der Waals surface area contributed by atoms with Gasteiger partial charge < -0.3 is 5.32 Å². The summed E-state index contributed by atoms with van der Waals surface area (Å²) in [6.45, 7) is 4.53. The largest absolute Gasteiger partial charge is 0.316 e. The zero-order valence-corrected chi connectivity index (χ0v) is 12.6. The number of benzene rings is 1. The number of hydrogen-bond donors (Lipinski definition) is 1. The van der Waals surface area contributed by atoms with Crippen molar-refractivity contribution in [3.05, 3.63) is 34.9 Å². The summed E-state index contributed by atoms with van der Waals surface area (Å²) in [5.74, 6) is 0. The van der Waals surface area contributed by atoms with E-state index in [0.29, 0.717) is 12.1 Å². The molecule has 2 unspecified atom stereocenters. The van der Waals surface area contributed by atoms with Gasteiger partial charge in [0.15, 0.2) is 0 Å². The van der Waals surface area contributed by atoms with E-state index in [1.807, 2.05) is 19.2 Å². The van der Waals surface area contributed by atoms with Gasteiger partial charge in [0, 0.05) is 23.7 Å². The molecule has 0 aromatic heterocycles. The minimum Gasteiger partial charge on any atom is -0.316 e. The van der Waals surface area contributed by atoms with Crippen molar-refractivity contribution in [2.45, 2.75) is 31.8 Å². The molecular weight excluding hydrogens is 267 g/mol. The second kappa shape index (κ2) is 7.34. The quantitative estimate of drug-likeness (QED) is 0.916. The van der Waals surface area contributed by atoms with Crippen LogP contribution < -0.4 is 5.32 Å². The third-order valence-electron chi connectivity index (χ3n) is 3.76. The molecule has 0 radical (unpaired) electrons. The Morgan fingerprint density at radius 2 is 2.11 bits per heavy atom. The van der Waals surface area contributed by atoms with Crippen molar-refractivity contribution < 1.29 is 0 Å². The van der Waals surface area contributed by atoms with Gasteiger partial charge in [-0.05, 0) is 45.0 Å². The van der Waals surface area contributed by atoms with Crippen LogP contribution in [0.4, 0.5) is 0 Å². The molecule has 0 aliphatic carbocycles. The summed E-state index contributed by atoms with van der Waals surface area (Å²) in [5, 5.41) is 4.26. The predicted octanol–water partition coefficient (Wildman–Crippen LogP) is 3.51. The van der Waals surface area contributed by atoms with Crippen LogP contribution >= 0.6 is 24.0 Å². The second-order valence-electron chi connectivity index (χ2n) is 4.82. The highest BCUT2D eigenvalue weighted by Crippen LogP contribution is 2.29. The van der Waals surface area contributed by atoms with Gasteiger partial charge in [0.25, 0.3) is 0 Å². The van der Waals surface area contributed by atoms with Crippen molar-refractivity contribution in [3.8, 4) is 0 Å². The summed E-state index contributed by atoms with van der Waals surface area (Å²) in [6, 6.07) is 9.19. The standard InChI is InChI=1S/C14H21ClN2.ClH/c1-11(13-7-3-4-8-14(13)15)17-9-5-6-12(10-17)16-2;/h3-4,7-8,11-12,16H,5-6,9-10H2,1-2H3;1H. The number of hydrogen-bond acceptors (Lipinski definition) is 2. The Labute approximate surface area is 121 Å². The van der Waals surface area contributed by atoms with E-state index in [1.54, 1.807) is 0 Å². The van der Waals surface area contributed by atoms with Crippen LogP contribution in [0.5, 0.6) is 0 Å². The Kier molecular flexibility index (Phi) is 6.44. The molecule has 1 saturated heterocycles. The fourth-order valence-corrected chi connectivity index (χ4v) is 2.90. The maximum Gasteiger partial charge on any atom is 0.0453 e. The molecule has 2 rings (SSSR count). The van der Waals surface area contributed by atoms with Crippen molar-refractivity contribution in [1.29, 1.82) is 0 Å². The molecule has 1 N–H and O–H groups in total. The van der Waals surface area contributed by atoms with Gasteiger partial charge in [0.2, 0.25) is 0 Å². The molecule has 1 aliphatic heterocycles. The third-order valence-corrected chi connectivity index (χ3v) is 4.11. The molecule has 18 heavy (non-hydrogen) atoms. The van der Waals surface area contributed by atoms with E-state index in [9.17, 15) is 0 Å². The van der Waals surface area contributed by atoms with Crippen LogP contribution in [0.15, 0.2) is 24.3 Å². The molecule has 2 atom stereocenters. The van der Waals surface area contributed by atoms with Crippen LogP contribution in [-0.4, -0.2) is 31.1 Å². The van der Waals surface area contributed by atoms with Gasteiger partial charge >= 0.3 is 0 Å². The third kappa shape index (κ3) is 3.61. The first-order chi connectivity index (χ1) is 8.22. The molecule has 1 fully saturated rings. The fraction of sp³-hybridized carbons (Fsp3) is 0.571. The van der Waals surface area contributed by atoms with Crippen molar-refractivity contribution in [2.24, 2.45) is 0 Å². The van der Waals surface area contributed by atoms with E-state index in [0.717, 1.165) is 11.6 Å². The van der Waals surface area contributed by atoms with Crippen molar-refractivity contribution in [1.82, 2.24) is 10.2 Å². The maximum absolute atomic E-state index is 6.27. The normalized spacial score (nSPS) is 22.3. The van der Waals surface area contributed by atoms with Crippen LogP contribution in [0.25, 0.3) is 0 Å². The van der Waals surface area contributed by atoms with E-state index >= 15 is 0 Å². The van der Waals surface area contributed by atoms with Gasteiger partial charge in [-0.2, -0.15) is 0 Å². The average Bonchev–Trinajstić information content (AvgIpc) is 2.38. The lowest BCUT2D eigenvalue weighted by molar-refractivity contribution is 0.149. The monoisotopic (exact) mass is 288 g/mol. The maximum atomic E-state index is 6.27. The highest BCUT2D eigenvalue weighted by atomic mass is 35.5. The smallest absolute Gasteiger partial charge is 0.0453 e. The zero-order chi connectivity index (χ0) is 12.3. The lowest BCUT2D eigenvalue weighted by atomic mass is 10.0. The van der Waals surface area contributed by atoms with E-state index in [1.165, 1.54) is 24.9 Å². The summed E-state index contributed by atoms with van der Waals surface area (Å²) in [4.78, 5) is 2.52. The summed E-state index contributed by atoms with van der Waals surface area (Å²) in [5.41, 5.74) is 1.24. The Balaban J connectivity index is 0.00000162. The summed E-state index contributed by atoms with van der Waals surface area (Å²) in [7, 11) is 2.05. The van der Waals surface area contributed by atoms with Gasteiger partial charge in [0.05, 0.1) is 0 Å². The van der Waals surface area contributed by atoms with Crippen molar-refractivity contribution in [3.63, 3.8) is 0 Å². The zero-order valence-electron chi connectivity index (χ0n) is 11.0. The molecule has 1 aromatic rings. The Hall–Kier alpha value is -0.280. The molecule has 1 aromatic carbocycles. The number of piperidine rings is 1. The Morgan fingerprint density at radius 3 is 2.78 bits per heavy atom. The van der Waals surface area contributed by atoms with Crippen LogP contribution in [-0.2, 0) is 0 Å². The number of nitrogens with one attached hydrogen (secondary N) is 1. The van der Waals surface area contributed by atoms with Gasteiger partial charge in [-0.25, -0.2) is 0 Å². The summed E-state index contributed by atoms with van der Waals surface area (Å²) in [6.07, 6.45) is 2.54. The molecule has 0 saturated carbocycles. The highest BCUT2D eigenvalue weighted by molar-refractivity contribution is 6.31. The fourth-order valence-electron chi connectivity index (χ4n) is 2.60. The van der Waals surface area contributed by atoms with Crippen LogP contribution in [0.1, 0.15) is 31.4 Å². The number of halogens is 2. The van der Waals surface area contributed by atoms with Gasteiger partial charge in [-0.1, -0.05) is 29.8 Å². The first-order valence-electron chi connectivity index (χ1n) is 6.38. The topological polar surface area (TPSA) is 15.3 Å². The van der Waals surface area contributed by atoms with Crippen molar-refractivity contribution >= 4 is 24.0 Å². The Bertz CT molecular complexity index is 371. The number of likely N-dealkylation sites (tertiary alicyclic amines) is 1. The molecule has 1 heterocycles. The van der Waals surface area contributed by atoms with Crippen molar-refractivity contribution in [2.75, 3.05) is 20.1 Å². The second-order valence-corrected chi connectivity index (χ2v) is 5.23. The van der Waals surface area contributed by atoms with E-state index in [2.05, 4.69) is 29.3 Å². The molecule has 4 heteroatoms. The number of likely N-dealkylation sites (N-methyl/N-ethyl adjacent to an activating group) is 1. The van der Waals surface area contributed by atoms with E-state index < -0.39 is 0 Å². The number of rotatable bonds is 3. The number of nitrogens with zero attached hydrogens (tertiary/aromatic N) is 1. The lowest BCUT2D eigenvalue weighted by Crippen LogP contribution is -2.45. The van der Waals surface area contributed by atoms with Gasteiger partial charge in [-0.3, -0.25) is 4.90 Å². The highest BCUT2D eigenvalue weighted by Gasteiger charge is 2.24. The molecule has 0 bridgehead atoms. The van der Waals surface area contributed by atoms with Gasteiger partial charge in [-0.15, -0.1) is 12.4 Å². The van der Waals surface area contributed by atoms with Gasteiger partial charge in [0.1, 0.15) is 0 Å². The lowest BCUT2D eigenvalue weighted by Gasteiger charge is -2.37. The molecule has 102 valence electrons. The SMILES string of the molecule is CNC1CCCN(C(C)c2ccccc2Cl)C1.Cl. The molecule has 0 amide bonds. The Morgan fingerprint density at radius 1 is 1.39 bits per heavy atom. The molecular formula is C14H22Cl2N2. The molecule has 2 nitrogen and oxygen atoms in total. The molecule has 0 spiro atoms. The van der Waals surface area contributed by atoms with Crippen LogP contribution in [0.2, 0.25) is 5.02 Å². The van der Waals surface area contributed by atoms with Crippen LogP contribution in [0.3, 0.4) is 0 Å². The first kappa shape index (κ1) is 15.8. The summed E-state index contributed by atoms with van der Waals surface area (Å²) >= 11 is 6.27. The summed E-state index contributed by atoms with van der Waals surface area (Å²) < 4.78 is 0. The van der Waals surface area contributed by atoms with E-state index in [-0.39, 0.29) is 12.4 Å². The predicted molar refractivity (Wildman–Crippen MR) is 80.8 cm³/mol. The first-order valence-corrected chi connectivity index (χ1v) is 6.76. The minimum atomic E-state index is 0.